The molecule has 0 aromatic carbocycles. The van der Waals surface area contributed by atoms with Crippen molar-refractivity contribution in [1.82, 2.24) is 10.2 Å². The fourth-order valence-electron chi connectivity index (χ4n) is 4.13. The number of carbonyl (C=O) groups is 1. The number of aliphatic hydroxyl groups is 1. The molecule has 1 heterocycles. The Morgan fingerprint density at radius 2 is 1.83 bits per heavy atom. The summed E-state index contributed by atoms with van der Waals surface area (Å²) < 4.78 is 0. The van der Waals surface area contributed by atoms with Crippen LogP contribution in [0.25, 0.3) is 0 Å². The lowest BCUT2D eigenvalue weighted by Gasteiger charge is -2.40. The van der Waals surface area contributed by atoms with E-state index in [1.54, 1.807) is 6.08 Å². The van der Waals surface area contributed by atoms with E-state index in [4.69, 9.17) is 0 Å². The van der Waals surface area contributed by atoms with Gasteiger partial charge in [0, 0.05) is 31.8 Å². The van der Waals surface area contributed by atoms with E-state index in [1.807, 2.05) is 0 Å². The predicted molar refractivity (Wildman–Crippen MR) is 92.1 cm³/mol. The summed E-state index contributed by atoms with van der Waals surface area (Å²) in [5.74, 6) is 0.748. The molecule has 0 atom stereocenters. The molecule has 0 aromatic heterocycles. The highest BCUT2D eigenvalue weighted by molar-refractivity contribution is 5.88. The summed E-state index contributed by atoms with van der Waals surface area (Å²) in [4.78, 5) is 14.5. The van der Waals surface area contributed by atoms with Crippen LogP contribution in [0.2, 0.25) is 0 Å². The van der Waals surface area contributed by atoms with Crippen molar-refractivity contribution in [2.75, 3.05) is 19.6 Å². The van der Waals surface area contributed by atoms with Gasteiger partial charge in [0.2, 0.25) is 5.91 Å². The molecular weight excluding hydrogens is 288 g/mol. The summed E-state index contributed by atoms with van der Waals surface area (Å²) >= 11 is 0. The summed E-state index contributed by atoms with van der Waals surface area (Å²) in [7, 11) is 0. The minimum absolute atomic E-state index is 0.0822. The number of nitrogens with zero attached hydrogens (tertiary/aromatic N) is 1. The van der Waals surface area contributed by atoms with Gasteiger partial charge in [0.25, 0.3) is 0 Å². The summed E-state index contributed by atoms with van der Waals surface area (Å²) in [6, 6.07) is 0.294. The van der Waals surface area contributed by atoms with Crippen molar-refractivity contribution in [3.63, 3.8) is 0 Å². The number of β-amino-alcohol motifs (C(OH)–C–C–N with tert-alkyl or cyclic N) is 1. The molecule has 3 aliphatic rings. The van der Waals surface area contributed by atoms with Gasteiger partial charge in [0.15, 0.2) is 0 Å². The van der Waals surface area contributed by atoms with Crippen molar-refractivity contribution in [3.05, 3.63) is 11.6 Å². The first-order valence-electron chi connectivity index (χ1n) is 9.47. The zero-order chi connectivity index (χ0) is 16.3. The molecule has 1 amide bonds. The van der Waals surface area contributed by atoms with Crippen LogP contribution in [0.4, 0.5) is 0 Å². The van der Waals surface area contributed by atoms with Gasteiger partial charge in [-0.1, -0.05) is 24.8 Å². The van der Waals surface area contributed by atoms with Crippen LogP contribution in [0.5, 0.6) is 0 Å². The monoisotopic (exact) mass is 320 g/mol. The van der Waals surface area contributed by atoms with Crippen molar-refractivity contribution < 1.29 is 9.90 Å². The first-order valence-corrected chi connectivity index (χ1v) is 9.47. The molecule has 130 valence electrons. The van der Waals surface area contributed by atoms with Crippen molar-refractivity contribution in [3.8, 4) is 0 Å². The third-order valence-electron chi connectivity index (χ3n) is 5.82. The average molecular weight is 320 g/mol. The smallest absolute Gasteiger partial charge is 0.244 e. The molecule has 0 radical (unpaired) electrons. The highest BCUT2D eigenvalue weighted by Crippen LogP contribution is 2.35. The molecule has 23 heavy (non-hydrogen) atoms. The van der Waals surface area contributed by atoms with Crippen LogP contribution in [0.15, 0.2) is 11.6 Å². The summed E-state index contributed by atoms with van der Waals surface area (Å²) in [5.41, 5.74) is 0.776. The second-order valence-electron chi connectivity index (χ2n) is 8.01. The van der Waals surface area contributed by atoms with E-state index in [0.29, 0.717) is 12.0 Å². The quantitative estimate of drug-likeness (QED) is 0.766. The van der Waals surface area contributed by atoms with E-state index in [9.17, 15) is 9.90 Å². The fourth-order valence-corrected chi connectivity index (χ4v) is 4.13. The molecule has 2 N–H and O–H groups in total. The zero-order valence-corrected chi connectivity index (χ0v) is 14.5. The van der Waals surface area contributed by atoms with Gasteiger partial charge in [-0.2, -0.15) is 0 Å². The number of carbonyl (C=O) groups excluding carboxylic acids is 1. The van der Waals surface area contributed by atoms with Crippen LogP contribution >= 0.6 is 0 Å². The minimum atomic E-state index is -0.460. The molecule has 4 heteroatoms. The molecule has 3 fully saturated rings. The molecule has 1 aliphatic heterocycles. The Hall–Kier alpha value is -0.870. The molecular formula is C19H32N2O2. The van der Waals surface area contributed by atoms with Crippen LogP contribution in [-0.2, 0) is 4.79 Å². The molecule has 2 saturated carbocycles. The molecule has 3 rings (SSSR count). The van der Waals surface area contributed by atoms with E-state index in [0.717, 1.165) is 58.2 Å². The van der Waals surface area contributed by atoms with Crippen LogP contribution in [-0.4, -0.2) is 47.2 Å². The Kier molecular flexibility index (Phi) is 5.42. The maximum Gasteiger partial charge on any atom is 0.244 e. The molecule has 0 spiro atoms. The van der Waals surface area contributed by atoms with E-state index in [-0.39, 0.29) is 5.91 Å². The molecule has 0 unspecified atom stereocenters. The normalized spacial score (nSPS) is 27.0. The van der Waals surface area contributed by atoms with Gasteiger partial charge < -0.3 is 15.3 Å². The van der Waals surface area contributed by atoms with Crippen LogP contribution in [0.1, 0.15) is 64.7 Å². The Balaban J connectivity index is 1.39. The van der Waals surface area contributed by atoms with Gasteiger partial charge in [0.1, 0.15) is 0 Å². The van der Waals surface area contributed by atoms with Crippen molar-refractivity contribution in [1.29, 1.82) is 0 Å². The molecule has 2 aliphatic carbocycles. The first-order chi connectivity index (χ1) is 11.0. The maximum atomic E-state index is 12.1. The number of allylic oxidation sites excluding steroid dienone is 1. The number of nitrogens with one attached hydrogen (secondary N) is 1. The average Bonchev–Trinajstić information content (AvgIpc) is 3.34. The van der Waals surface area contributed by atoms with Gasteiger partial charge in [0.05, 0.1) is 5.60 Å². The lowest BCUT2D eigenvalue weighted by molar-refractivity contribution is -0.117. The SMILES string of the molecule is CC(=CC(=O)NC1CCN(CC2(O)CCCCC2)CC1)C1CC1. The molecule has 0 bridgehead atoms. The summed E-state index contributed by atoms with van der Waals surface area (Å²) in [6.45, 7) is 4.86. The van der Waals surface area contributed by atoms with E-state index in [1.165, 1.54) is 24.8 Å². The second-order valence-corrected chi connectivity index (χ2v) is 8.01. The molecule has 4 nitrogen and oxygen atoms in total. The number of piperidine rings is 1. The Labute approximate surface area is 140 Å². The Morgan fingerprint density at radius 1 is 1.17 bits per heavy atom. The molecule has 1 saturated heterocycles. The van der Waals surface area contributed by atoms with Crippen LogP contribution in [0, 0.1) is 5.92 Å². The van der Waals surface area contributed by atoms with Gasteiger partial charge in [-0.15, -0.1) is 0 Å². The third kappa shape index (κ3) is 5.05. The number of likely N-dealkylation sites (tertiary alicyclic amines) is 1. The van der Waals surface area contributed by atoms with Crippen molar-refractivity contribution in [2.45, 2.75) is 76.4 Å². The number of amides is 1. The number of hydrogen-bond donors (Lipinski definition) is 2. The predicted octanol–water partition coefficient (Wildman–Crippen LogP) is 2.62. The third-order valence-corrected chi connectivity index (χ3v) is 5.82. The van der Waals surface area contributed by atoms with Crippen molar-refractivity contribution in [2.24, 2.45) is 5.92 Å². The summed E-state index contributed by atoms with van der Waals surface area (Å²) in [6.07, 6.45) is 11.8. The van der Waals surface area contributed by atoms with Gasteiger partial charge in [-0.3, -0.25) is 4.79 Å². The Bertz CT molecular complexity index is 442. The van der Waals surface area contributed by atoms with Crippen LogP contribution in [0.3, 0.4) is 0 Å². The highest BCUT2D eigenvalue weighted by Gasteiger charge is 2.32. The van der Waals surface area contributed by atoms with E-state index < -0.39 is 5.60 Å². The van der Waals surface area contributed by atoms with Gasteiger partial charge in [-0.25, -0.2) is 0 Å². The molecule has 0 aromatic rings. The van der Waals surface area contributed by atoms with Gasteiger partial charge in [-0.05, 0) is 51.4 Å². The number of hydrogen-bond acceptors (Lipinski definition) is 3. The minimum Gasteiger partial charge on any atom is -0.389 e. The lowest BCUT2D eigenvalue weighted by Crippen LogP contribution is -2.50. The van der Waals surface area contributed by atoms with E-state index in [2.05, 4.69) is 17.1 Å². The maximum absolute atomic E-state index is 12.1. The largest absolute Gasteiger partial charge is 0.389 e. The standard InChI is InChI=1S/C19H32N2O2/c1-15(16-5-6-16)13-18(22)20-17-7-11-21(12-8-17)14-19(23)9-3-2-4-10-19/h13,16-17,23H,2-12,14H2,1H3,(H,20,22). The topological polar surface area (TPSA) is 52.6 Å². The number of rotatable bonds is 5. The van der Waals surface area contributed by atoms with Crippen molar-refractivity contribution >= 4 is 5.91 Å². The van der Waals surface area contributed by atoms with E-state index >= 15 is 0 Å². The van der Waals surface area contributed by atoms with Gasteiger partial charge >= 0.3 is 0 Å². The lowest BCUT2D eigenvalue weighted by atomic mass is 9.84. The summed E-state index contributed by atoms with van der Waals surface area (Å²) in [5, 5.41) is 13.8. The highest BCUT2D eigenvalue weighted by atomic mass is 16.3. The second kappa shape index (κ2) is 7.35. The Morgan fingerprint density at radius 3 is 2.43 bits per heavy atom. The van der Waals surface area contributed by atoms with Crippen LogP contribution < -0.4 is 5.32 Å². The zero-order valence-electron chi connectivity index (χ0n) is 14.5. The fraction of sp³-hybridized carbons (Fsp3) is 0.842. The first kappa shape index (κ1) is 17.0.